The van der Waals surface area contributed by atoms with Gasteiger partial charge < -0.3 is 20.3 Å². The molecule has 0 bridgehead atoms. The molecule has 2 saturated heterocycles. The molecule has 0 saturated carbocycles. The average molecular weight is 410 g/mol. The number of ether oxygens (including phenoxy) is 1. The van der Waals surface area contributed by atoms with Crippen molar-refractivity contribution in [2.45, 2.75) is 45.6 Å². The van der Waals surface area contributed by atoms with E-state index in [0.717, 1.165) is 36.1 Å². The first-order valence-corrected chi connectivity index (χ1v) is 9.99. The monoisotopic (exact) mass is 409 g/mol. The molecule has 1 aromatic rings. The van der Waals surface area contributed by atoms with E-state index >= 15 is 0 Å². The fourth-order valence-corrected chi connectivity index (χ4v) is 4.07. The summed E-state index contributed by atoms with van der Waals surface area (Å²) in [5.41, 5.74) is 8.65. The van der Waals surface area contributed by atoms with Crippen molar-refractivity contribution in [2.75, 3.05) is 37.7 Å². The number of likely N-dealkylation sites (tertiary alicyclic amines) is 1. The third-order valence-electron chi connectivity index (χ3n) is 5.48. The van der Waals surface area contributed by atoms with Gasteiger partial charge in [0.15, 0.2) is 0 Å². The van der Waals surface area contributed by atoms with Gasteiger partial charge in [-0.1, -0.05) is 6.07 Å². The van der Waals surface area contributed by atoms with Crippen molar-refractivity contribution < 1.29 is 14.3 Å². The van der Waals surface area contributed by atoms with Crippen LogP contribution in [0.2, 0.25) is 0 Å². The summed E-state index contributed by atoms with van der Waals surface area (Å²) in [6, 6.07) is 6.12. The Balaban J connectivity index is 0.00000280. The standard InChI is InChI=1S/C21H31N3O3.ClH/c1-15-12-16(2)14-17(13-15)24-10-6-19(21(24)26)20(25)23-8-4-18(5-9-23)27-11-3-7-22;/h12-14,18-19H,3-11,22H2,1-2H3;1H. The van der Waals surface area contributed by atoms with Crippen molar-refractivity contribution in [2.24, 2.45) is 11.7 Å². The highest BCUT2D eigenvalue weighted by Gasteiger charge is 2.40. The van der Waals surface area contributed by atoms with Crippen LogP contribution >= 0.6 is 12.4 Å². The first-order valence-electron chi connectivity index (χ1n) is 9.99. The molecule has 2 aliphatic rings. The summed E-state index contributed by atoms with van der Waals surface area (Å²) in [4.78, 5) is 29.4. The van der Waals surface area contributed by atoms with Crippen molar-refractivity contribution in [3.05, 3.63) is 29.3 Å². The smallest absolute Gasteiger partial charge is 0.239 e. The van der Waals surface area contributed by atoms with E-state index < -0.39 is 5.92 Å². The number of aryl methyl sites for hydroxylation is 2. The molecule has 2 fully saturated rings. The van der Waals surface area contributed by atoms with E-state index in [1.165, 1.54) is 0 Å². The van der Waals surface area contributed by atoms with Crippen molar-refractivity contribution in [1.82, 2.24) is 4.90 Å². The SMILES string of the molecule is Cc1cc(C)cc(N2CCC(C(=O)N3CCC(OCCCN)CC3)C2=O)c1.Cl. The molecule has 0 aliphatic carbocycles. The van der Waals surface area contributed by atoms with Gasteiger partial charge in [-0.3, -0.25) is 9.59 Å². The summed E-state index contributed by atoms with van der Waals surface area (Å²) in [7, 11) is 0. The van der Waals surface area contributed by atoms with E-state index in [1.54, 1.807) is 4.90 Å². The van der Waals surface area contributed by atoms with Crippen LogP contribution < -0.4 is 10.6 Å². The van der Waals surface area contributed by atoms with Crippen LogP contribution in [0.3, 0.4) is 0 Å². The summed E-state index contributed by atoms with van der Waals surface area (Å²) in [6.45, 7) is 7.31. The van der Waals surface area contributed by atoms with Gasteiger partial charge in [-0.2, -0.15) is 0 Å². The van der Waals surface area contributed by atoms with Gasteiger partial charge in [-0.15, -0.1) is 12.4 Å². The zero-order chi connectivity index (χ0) is 19.4. The van der Waals surface area contributed by atoms with Crippen LogP contribution in [0.1, 0.15) is 36.8 Å². The molecular formula is C21H32ClN3O3. The number of halogens is 1. The molecule has 28 heavy (non-hydrogen) atoms. The molecule has 2 heterocycles. The number of anilines is 1. The molecule has 0 spiro atoms. The lowest BCUT2D eigenvalue weighted by molar-refractivity contribution is -0.141. The quantitative estimate of drug-likeness (QED) is 0.578. The van der Waals surface area contributed by atoms with E-state index in [-0.39, 0.29) is 30.3 Å². The predicted molar refractivity (Wildman–Crippen MR) is 113 cm³/mol. The number of rotatable bonds is 6. The van der Waals surface area contributed by atoms with E-state index in [9.17, 15) is 9.59 Å². The normalized spacial score (nSPS) is 20.4. The molecule has 6 nitrogen and oxygen atoms in total. The number of nitrogens with zero attached hydrogens (tertiary/aromatic N) is 2. The summed E-state index contributed by atoms with van der Waals surface area (Å²) in [6.07, 6.45) is 3.32. The number of carbonyl (C=O) groups is 2. The Morgan fingerprint density at radius 2 is 1.75 bits per heavy atom. The van der Waals surface area contributed by atoms with Gasteiger partial charge in [-0.05, 0) is 69.3 Å². The van der Waals surface area contributed by atoms with Gasteiger partial charge in [0.05, 0.1) is 6.10 Å². The zero-order valence-electron chi connectivity index (χ0n) is 16.9. The maximum Gasteiger partial charge on any atom is 0.239 e. The number of hydrogen-bond acceptors (Lipinski definition) is 4. The average Bonchev–Trinajstić information content (AvgIpc) is 3.02. The highest BCUT2D eigenvalue weighted by atomic mass is 35.5. The van der Waals surface area contributed by atoms with Crippen LogP contribution in [0.4, 0.5) is 5.69 Å². The maximum atomic E-state index is 12.9. The van der Waals surface area contributed by atoms with Crippen LogP contribution in [0.5, 0.6) is 0 Å². The Bertz CT molecular complexity index is 669. The number of benzene rings is 1. The topological polar surface area (TPSA) is 75.9 Å². The van der Waals surface area contributed by atoms with Crippen molar-refractivity contribution in [3.63, 3.8) is 0 Å². The second-order valence-electron chi connectivity index (χ2n) is 7.71. The van der Waals surface area contributed by atoms with Gasteiger partial charge in [0.2, 0.25) is 11.8 Å². The number of amides is 2. The molecule has 1 aromatic carbocycles. The Hall–Kier alpha value is -1.63. The second-order valence-corrected chi connectivity index (χ2v) is 7.71. The number of hydrogen-bond donors (Lipinski definition) is 1. The molecule has 7 heteroatoms. The highest BCUT2D eigenvalue weighted by molar-refractivity contribution is 6.09. The highest BCUT2D eigenvalue weighted by Crippen LogP contribution is 2.29. The predicted octanol–water partition coefficient (Wildman–Crippen LogP) is 2.43. The van der Waals surface area contributed by atoms with E-state index in [4.69, 9.17) is 10.5 Å². The Morgan fingerprint density at radius 3 is 2.36 bits per heavy atom. The minimum Gasteiger partial charge on any atom is -0.378 e. The van der Waals surface area contributed by atoms with Crippen molar-refractivity contribution in [1.29, 1.82) is 0 Å². The summed E-state index contributed by atoms with van der Waals surface area (Å²) >= 11 is 0. The van der Waals surface area contributed by atoms with Gasteiger partial charge >= 0.3 is 0 Å². The van der Waals surface area contributed by atoms with Gasteiger partial charge in [0.25, 0.3) is 0 Å². The molecule has 156 valence electrons. The molecule has 2 aliphatic heterocycles. The first kappa shape index (κ1) is 22.7. The lowest BCUT2D eigenvalue weighted by Gasteiger charge is -2.33. The van der Waals surface area contributed by atoms with Crippen LogP contribution in [-0.4, -0.2) is 55.6 Å². The van der Waals surface area contributed by atoms with Gasteiger partial charge in [0, 0.05) is 31.9 Å². The lowest BCUT2D eigenvalue weighted by Crippen LogP contribution is -2.45. The summed E-state index contributed by atoms with van der Waals surface area (Å²) in [5.74, 6) is -0.626. The fraction of sp³-hybridized carbons (Fsp3) is 0.619. The summed E-state index contributed by atoms with van der Waals surface area (Å²) < 4.78 is 5.80. The first-order chi connectivity index (χ1) is 13.0. The molecule has 2 N–H and O–H groups in total. The fourth-order valence-electron chi connectivity index (χ4n) is 4.07. The van der Waals surface area contributed by atoms with Gasteiger partial charge in [-0.25, -0.2) is 0 Å². The summed E-state index contributed by atoms with van der Waals surface area (Å²) in [5, 5.41) is 0. The van der Waals surface area contributed by atoms with Crippen LogP contribution in [-0.2, 0) is 14.3 Å². The molecule has 1 unspecified atom stereocenters. The zero-order valence-corrected chi connectivity index (χ0v) is 17.7. The number of piperidine rings is 1. The third-order valence-corrected chi connectivity index (χ3v) is 5.48. The van der Waals surface area contributed by atoms with Gasteiger partial charge in [0.1, 0.15) is 5.92 Å². The molecule has 1 atom stereocenters. The largest absolute Gasteiger partial charge is 0.378 e. The minimum absolute atomic E-state index is 0. The molecule has 0 radical (unpaired) electrons. The van der Waals surface area contributed by atoms with Crippen LogP contribution in [0.15, 0.2) is 18.2 Å². The van der Waals surface area contributed by atoms with E-state index in [1.807, 2.05) is 30.9 Å². The molecule has 0 aromatic heterocycles. The number of carbonyl (C=O) groups excluding carboxylic acids is 2. The maximum absolute atomic E-state index is 12.9. The Labute approximate surface area is 173 Å². The van der Waals surface area contributed by atoms with Crippen LogP contribution in [0, 0.1) is 19.8 Å². The molecule has 2 amide bonds. The van der Waals surface area contributed by atoms with Crippen molar-refractivity contribution >= 4 is 29.9 Å². The Kier molecular flexibility index (Phi) is 8.28. The second kappa shape index (κ2) is 10.2. The minimum atomic E-state index is -0.541. The van der Waals surface area contributed by atoms with Crippen molar-refractivity contribution in [3.8, 4) is 0 Å². The molecular weight excluding hydrogens is 378 g/mol. The Morgan fingerprint density at radius 1 is 1.11 bits per heavy atom. The molecule has 3 rings (SSSR count). The van der Waals surface area contributed by atoms with Crippen LogP contribution in [0.25, 0.3) is 0 Å². The lowest BCUT2D eigenvalue weighted by atomic mass is 10.0. The van der Waals surface area contributed by atoms with E-state index in [0.29, 0.717) is 39.2 Å². The number of nitrogens with two attached hydrogens (primary N) is 1. The third kappa shape index (κ3) is 5.25. The van der Waals surface area contributed by atoms with E-state index in [2.05, 4.69) is 6.07 Å².